The van der Waals surface area contributed by atoms with Crippen molar-refractivity contribution >= 4 is 107 Å². The van der Waals surface area contributed by atoms with E-state index in [1.807, 2.05) is 0 Å². The van der Waals surface area contributed by atoms with Gasteiger partial charge in [0.15, 0.2) is 0 Å². The Morgan fingerprint density at radius 1 is 0.424 bits per heavy atom. The number of pyridine rings is 2. The Morgan fingerprint density at radius 2 is 1.03 bits per heavy atom. The third-order valence-electron chi connectivity index (χ3n) is 12.1. The first-order chi connectivity index (χ1) is 29.1. The fraction of sp³-hybridized carbons (Fsp3) is 0. The molecule has 0 amide bonds. The first kappa shape index (κ1) is 34.4. The van der Waals surface area contributed by atoms with E-state index in [9.17, 15) is 0 Å². The van der Waals surface area contributed by atoms with Gasteiger partial charge in [0.2, 0.25) is 0 Å². The molecule has 0 fully saturated rings. The van der Waals surface area contributed by atoms with E-state index in [1.165, 1.54) is 59.4 Å². The number of hydrogen-bond donors (Lipinski definition) is 0. The van der Waals surface area contributed by atoms with Crippen molar-refractivity contribution < 1.29 is 0 Å². The van der Waals surface area contributed by atoms with Gasteiger partial charge in [0.05, 0.1) is 0 Å². The summed E-state index contributed by atoms with van der Waals surface area (Å²) in [5.41, 5.74) is 7.69. The van der Waals surface area contributed by atoms with Crippen LogP contribution in [0, 0.1) is 0 Å². The van der Waals surface area contributed by atoms with E-state index in [-0.39, 0.29) is 0 Å². The summed E-state index contributed by atoms with van der Waals surface area (Å²) in [6, 6.07) is 72.6. The van der Waals surface area contributed by atoms with Crippen molar-refractivity contribution in [2.24, 2.45) is 0 Å². The second-order valence-corrected chi connectivity index (χ2v) is 21.4. The van der Waals surface area contributed by atoms with Gasteiger partial charge < -0.3 is 0 Å². The molecule has 3 nitrogen and oxygen atoms in total. The molecule has 12 aromatic rings. The number of fused-ring (bicyclic) bond motifs is 12. The van der Waals surface area contributed by atoms with Crippen LogP contribution < -0.4 is 16.0 Å². The first-order valence-corrected chi connectivity index (χ1v) is 23.9. The predicted molar refractivity (Wildman–Crippen MR) is 253 cm³/mol. The molecule has 0 atom stereocenters. The van der Waals surface area contributed by atoms with Crippen molar-refractivity contribution in [1.29, 1.82) is 0 Å². The summed E-state index contributed by atoms with van der Waals surface area (Å²) >= 11 is 3.74. The van der Waals surface area contributed by atoms with Crippen LogP contribution in [-0.4, -0.2) is 29.5 Å². The normalized spacial score (nSPS) is 12.1. The summed E-state index contributed by atoms with van der Waals surface area (Å²) in [4.78, 5) is 10.8. The summed E-state index contributed by atoms with van der Waals surface area (Å²) in [5.74, 6) is 0. The summed E-state index contributed by atoms with van der Waals surface area (Å²) in [6.45, 7) is 0. The Balaban J connectivity index is 1.13. The molecule has 3 heterocycles. The fourth-order valence-electron chi connectivity index (χ4n) is 9.31. The van der Waals surface area contributed by atoms with Crippen LogP contribution in [0.15, 0.2) is 206 Å². The molecule has 0 radical (unpaired) electrons. The Labute approximate surface area is 348 Å². The van der Waals surface area contributed by atoms with E-state index in [4.69, 9.17) is 9.97 Å². The molecular formula is C54H34N3PSe. The van der Waals surface area contributed by atoms with Crippen LogP contribution >= 0.6 is 5.51 Å². The number of rotatable bonds is 5. The molecule has 0 bridgehead atoms. The average Bonchev–Trinajstić information content (AvgIpc) is 3.70. The van der Waals surface area contributed by atoms with Crippen LogP contribution in [0.5, 0.6) is 0 Å². The van der Waals surface area contributed by atoms with E-state index in [0.717, 1.165) is 49.5 Å². The van der Waals surface area contributed by atoms with E-state index in [0.29, 0.717) is 0 Å². The molecule has 0 unspecified atom stereocenters. The average molecular weight is 835 g/mol. The summed E-state index contributed by atoms with van der Waals surface area (Å²) in [7, 11) is 0. The molecule has 59 heavy (non-hydrogen) atoms. The molecule has 0 saturated heterocycles. The molecule has 3 aromatic heterocycles. The SMILES string of the molecule is [Se]=P(c1ccccc1)(c1ccccc1)c1ncc(-c2ccc3c(c2)c2ccc4ccccc4c2c2nc4ccc(-c5cccc6ccccc56)cc4n32)c2ccccc12. The quantitative estimate of drug-likeness (QED) is 0.0982. The zero-order valence-electron chi connectivity index (χ0n) is 31.8. The van der Waals surface area contributed by atoms with E-state index in [2.05, 4.69) is 226 Å². The van der Waals surface area contributed by atoms with Crippen molar-refractivity contribution in [1.82, 2.24) is 14.4 Å². The maximum atomic E-state index is 5.44. The van der Waals surface area contributed by atoms with Crippen LogP contribution in [0.25, 0.3) is 92.9 Å². The first-order valence-electron chi connectivity index (χ1n) is 19.9. The minimum absolute atomic E-state index is 0.972. The number of benzene rings is 9. The van der Waals surface area contributed by atoms with E-state index >= 15 is 0 Å². The molecule has 0 aliphatic rings. The standard InChI is InChI=1S/C54H34N3PSe/c59-58(39-17-3-1-4-18-39,40-19-5-2-6-20-40)54-46-24-12-11-23-44(46)48(34-55-54)37-28-31-50-47(32-37)45-29-26-36-15-8-10-22-43(36)52(45)53-56-49-30-27-38(33-51(49)57(50)53)42-25-13-16-35-14-7-9-21-41(35)42/h1-34H. The van der Waals surface area contributed by atoms with Crippen LogP contribution in [0.4, 0.5) is 0 Å². The second kappa shape index (κ2) is 13.4. The molecule has 12 rings (SSSR count). The Morgan fingerprint density at radius 3 is 1.80 bits per heavy atom. The Kier molecular flexibility index (Phi) is 7.84. The summed E-state index contributed by atoms with van der Waals surface area (Å²) in [6.07, 6.45) is 2.11. The number of imidazole rings is 1. The molecule has 276 valence electrons. The fourth-order valence-corrected chi connectivity index (χ4v) is 14.5. The molecule has 0 aliphatic heterocycles. The van der Waals surface area contributed by atoms with Crippen LogP contribution in [-0.2, 0) is 0 Å². The van der Waals surface area contributed by atoms with Gasteiger partial charge in [0.25, 0.3) is 0 Å². The monoisotopic (exact) mass is 835 g/mol. The summed E-state index contributed by atoms with van der Waals surface area (Å²) in [5, 5.41) is 13.3. The zero-order chi connectivity index (χ0) is 39.1. The summed E-state index contributed by atoms with van der Waals surface area (Å²) < 4.78 is 2.39. The molecule has 5 heteroatoms. The Bertz CT molecular complexity index is 3660. The third kappa shape index (κ3) is 5.24. The number of nitrogens with zero attached hydrogens (tertiary/aromatic N) is 3. The second-order valence-electron chi connectivity index (χ2n) is 15.3. The van der Waals surface area contributed by atoms with Gasteiger partial charge in [0, 0.05) is 0 Å². The molecule has 0 saturated carbocycles. The number of hydrogen-bond acceptors (Lipinski definition) is 2. The van der Waals surface area contributed by atoms with Crippen LogP contribution in [0.1, 0.15) is 0 Å². The van der Waals surface area contributed by atoms with Gasteiger partial charge in [-0.3, -0.25) is 0 Å². The van der Waals surface area contributed by atoms with Gasteiger partial charge in [-0.05, 0) is 28.0 Å². The molecule has 0 aliphatic carbocycles. The van der Waals surface area contributed by atoms with Crippen molar-refractivity contribution in [3.63, 3.8) is 0 Å². The molecule has 9 aromatic carbocycles. The van der Waals surface area contributed by atoms with Gasteiger partial charge in [-0.2, -0.15) is 0 Å². The van der Waals surface area contributed by atoms with Crippen molar-refractivity contribution in [3.05, 3.63) is 206 Å². The minimum atomic E-state index is -2.21. The molecule has 0 N–H and O–H groups in total. The van der Waals surface area contributed by atoms with E-state index < -0.39 is 5.51 Å². The maximum absolute atomic E-state index is 5.44. The van der Waals surface area contributed by atoms with Gasteiger partial charge in [-0.1, -0.05) is 66.7 Å². The molecule has 0 spiro atoms. The van der Waals surface area contributed by atoms with Crippen molar-refractivity contribution in [2.75, 3.05) is 0 Å². The van der Waals surface area contributed by atoms with Gasteiger partial charge in [-0.15, -0.1) is 0 Å². The predicted octanol–water partition coefficient (Wildman–Crippen LogP) is 12.4. The van der Waals surface area contributed by atoms with Crippen molar-refractivity contribution in [3.8, 4) is 22.3 Å². The van der Waals surface area contributed by atoms with Crippen LogP contribution in [0.3, 0.4) is 0 Å². The third-order valence-corrected chi connectivity index (χ3v) is 18.8. The van der Waals surface area contributed by atoms with E-state index in [1.54, 1.807) is 0 Å². The molecular weight excluding hydrogens is 801 g/mol. The van der Waals surface area contributed by atoms with Gasteiger partial charge >= 0.3 is 256 Å². The van der Waals surface area contributed by atoms with Gasteiger partial charge in [0.1, 0.15) is 0 Å². The number of aromatic nitrogens is 3. The topological polar surface area (TPSA) is 30.2 Å². The van der Waals surface area contributed by atoms with Gasteiger partial charge in [-0.25, -0.2) is 0 Å². The zero-order valence-corrected chi connectivity index (χ0v) is 34.4. The Hall–Kier alpha value is -6.67. The van der Waals surface area contributed by atoms with Crippen LogP contribution in [0.2, 0.25) is 0 Å². The van der Waals surface area contributed by atoms with Crippen molar-refractivity contribution in [2.45, 2.75) is 0 Å².